The second kappa shape index (κ2) is 3.26. The topological polar surface area (TPSA) is 29.4 Å². The van der Waals surface area contributed by atoms with E-state index in [9.17, 15) is 9.18 Å². The number of rotatable bonds is 2. The van der Waals surface area contributed by atoms with Crippen molar-refractivity contribution in [2.75, 3.05) is 0 Å². The van der Waals surface area contributed by atoms with E-state index in [2.05, 4.69) is 4.99 Å². The quantitative estimate of drug-likeness (QED) is 0.553. The van der Waals surface area contributed by atoms with Crippen molar-refractivity contribution in [1.29, 1.82) is 0 Å². The number of halogens is 1. The largest absolute Gasteiger partial charge is 0.235 e. The minimum absolute atomic E-state index is 0.133. The van der Waals surface area contributed by atoms with Crippen molar-refractivity contribution in [3.63, 3.8) is 0 Å². The third-order valence-corrected chi connectivity index (χ3v) is 3.70. The molecule has 0 saturated heterocycles. The Hall–Kier alpha value is -1.47. The average Bonchev–Trinajstić information content (AvgIpc) is 2.89. The summed E-state index contributed by atoms with van der Waals surface area (Å²) in [6.45, 7) is 0. The van der Waals surface area contributed by atoms with E-state index in [-0.39, 0.29) is 5.82 Å². The lowest BCUT2D eigenvalue weighted by atomic mass is 9.99. The molecule has 0 heterocycles. The second-order valence-electron chi connectivity index (χ2n) is 4.65. The molecular formula is C13H12FNO. The van der Waals surface area contributed by atoms with Gasteiger partial charge in [-0.05, 0) is 43.2 Å². The van der Waals surface area contributed by atoms with Gasteiger partial charge < -0.3 is 0 Å². The van der Waals surface area contributed by atoms with Gasteiger partial charge in [0.1, 0.15) is 11.4 Å². The maximum atomic E-state index is 14.2. The Morgan fingerprint density at radius 3 is 2.81 bits per heavy atom. The van der Waals surface area contributed by atoms with Gasteiger partial charge in [-0.15, -0.1) is 0 Å². The van der Waals surface area contributed by atoms with Crippen molar-refractivity contribution in [2.45, 2.75) is 37.6 Å². The van der Waals surface area contributed by atoms with Crippen LogP contribution >= 0.6 is 0 Å². The van der Waals surface area contributed by atoms with Gasteiger partial charge >= 0.3 is 0 Å². The smallest absolute Gasteiger partial charge is 0.211 e. The predicted molar refractivity (Wildman–Crippen MR) is 57.5 cm³/mol. The Balaban J connectivity index is 2.13. The lowest BCUT2D eigenvalue weighted by Gasteiger charge is -2.12. The fraction of sp³-hybridized carbons (Fsp3) is 0.462. The average molecular weight is 217 g/mol. The van der Waals surface area contributed by atoms with Crippen molar-refractivity contribution >= 4 is 6.08 Å². The highest BCUT2D eigenvalue weighted by molar-refractivity contribution is 5.45. The summed E-state index contributed by atoms with van der Waals surface area (Å²) in [5.74, 6) is -0.133. The zero-order valence-electron chi connectivity index (χ0n) is 8.92. The first-order valence-electron chi connectivity index (χ1n) is 5.67. The van der Waals surface area contributed by atoms with Crippen LogP contribution in [0.5, 0.6) is 0 Å². The zero-order chi connectivity index (χ0) is 11.2. The molecule has 1 fully saturated rings. The number of hydrogen-bond acceptors (Lipinski definition) is 2. The standard InChI is InChI=1S/C13H12FNO/c14-12-10-3-1-2-9(10)4-5-11(12)13(6-7-13)15-8-16/h4-5H,1-3,6-7H2. The van der Waals surface area contributed by atoms with E-state index in [4.69, 9.17) is 0 Å². The van der Waals surface area contributed by atoms with Crippen LogP contribution in [0, 0.1) is 5.82 Å². The molecule has 82 valence electrons. The van der Waals surface area contributed by atoms with Gasteiger partial charge in [-0.3, -0.25) is 0 Å². The molecule has 0 N–H and O–H groups in total. The maximum absolute atomic E-state index is 14.2. The Morgan fingerprint density at radius 2 is 2.12 bits per heavy atom. The lowest BCUT2D eigenvalue weighted by Crippen LogP contribution is -2.08. The van der Waals surface area contributed by atoms with Crippen LogP contribution in [-0.2, 0) is 23.2 Å². The Morgan fingerprint density at radius 1 is 1.31 bits per heavy atom. The lowest BCUT2D eigenvalue weighted by molar-refractivity contribution is 0.544. The molecule has 0 radical (unpaired) electrons. The minimum Gasteiger partial charge on any atom is -0.211 e. The Bertz CT molecular complexity index is 499. The van der Waals surface area contributed by atoms with Crippen LogP contribution in [0.15, 0.2) is 17.1 Å². The van der Waals surface area contributed by atoms with Crippen LogP contribution in [0.25, 0.3) is 0 Å². The highest BCUT2D eigenvalue weighted by atomic mass is 19.1. The number of hydrogen-bond donors (Lipinski definition) is 0. The molecule has 0 aromatic heterocycles. The molecule has 0 amide bonds. The van der Waals surface area contributed by atoms with E-state index in [1.807, 2.05) is 6.07 Å². The molecule has 2 aliphatic carbocycles. The van der Waals surface area contributed by atoms with E-state index in [0.29, 0.717) is 5.56 Å². The molecule has 2 nitrogen and oxygen atoms in total. The van der Waals surface area contributed by atoms with Crippen molar-refractivity contribution in [3.05, 3.63) is 34.6 Å². The summed E-state index contributed by atoms with van der Waals surface area (Å²) in [5.41, 5.74) is 1.97. The van der Waals surface area contributed by atoms with Gasteiger partial charge in [-0.25, -0.2) is 9.18 Å². The highest BCUT2D eigenvalue weighted by Crippen LogP contribution is 2.51. The number of benzene rings is 1. The second-order valence-corrected chi connectivity index (χ2v) is 4.65. The predicted octanol–water partition coefficient (Wildman–Crippen LogP) is 2.64. The third-order valence-electron chi connectivity index (χ3n) is 3.70. The van der Waals surface area contributed by atoms with Gasteiger partial charge in [-0.1, -0.05) is 12.1 Å². The summed E-state index contributed by atoms with van der Waals surface area (Å²) in [6.07, 6.45) is 5.91. The van der Waals surface area contributed by atoms with Crippen LogP contribution in [-0.4, -0.2) is 6.08 Å². The van der Waals surface area contributed by atoms with Gasteiger partial charge in [0.2, 0.25) is 6.08 Å². The minimum atomic E-state index is -0.580. The summed E-state index contributed by atoms with van der Waals surface area (Å²) < 4.78 is 14.2. The fourth-order valence-corrected chi connectivity index (χ4v) is 2.63. The van der Waals surface area contributed by atoms with Crippen molar-refractivity contribution in [2.24, 2.45) is 4.99 Å². The normalized spacial score (nSPS) is 20.1. The maximum Gasteiger partial charge on any atom is 0.235 e. The van der Waals surface area contributed by atoms with Gasteiger partial charge in [0.15, 0.2) is 0 Å². The molecule has 1 aromatic carbocycles. The van der Waals surface area contributed by atoms with Crippen LogP contribution in [0.2, 0.25) is 0 Å². The molecule has 0 aliphatic heterocycles. The summed E-state index contributed by atoms with van der Waals surface area (Å²) >= 11 is 0. The van der Waals surface area contributed by atoms with Crippen LogP contribution in [0.4, 0.5) is 4.39 Å². The molecular weight excluding hydrogens is 205 g/mol. The first-order chi connectivity index (χ1) is 7.77. The number of nitrogens with zero attached hydrogens (tertiary/aromatic N) is 1. The molecule has 0 unspecified atom stereocenters. The number of isocyanates is 1. The monoisotopic (exact) mass is 217 g/mol. The van der Waals surface area contributed by atoms with E-state index in [1.54, 1.807) is 12.1 Å². The van der Waals surface area contributed by atoms with E-state index < -0.39 is 5.54 Å². The molecule has 1 saturated carbocycles. The van der Waals surface area contributed by atoms with Crippen LogP contribution in [0.1, 0.15) is 36.0 Å². The summed E-state index contributed by atoms with van der Waals surface area (Å²) in [7, 11) is 0. The summed E-state index contributed by atoms with van der Waals surface area (Å²) in [4.78, 5) is 14.1. The molecule has 0 atom stereocenters. The van der Waals surface area contributed by atoms with E-state index >= 15 is 0 Å². The molecule has 0 bridgehead atoms. The van der Waals surface area contributed by atoms with Crippen LogP contribution in [0.3, 0.4) is 0 Å². The van der Waals surface area contributed by atoms with Crippen molar-refractivity contribution in [3.8, 4) is 0 Å². The van der Waals surface area contributed by atoms with Gasteiger partial charge in [0.25, 0.3) is 0 Å². The Kier molecular flexibility index (Phi) is 1.98. The molecule has 0 spiro atoms. The molecule has 2 aliphatic rings. The zero-order valence-corrected chi connectivity index (χ0v) is 8.92. The third kappa shape index (κ3) is 1.25. The molecule has 16 heavy (non-hydrogen) atoms. The number of fused-ring (bicyclic) bond motifs is 1. The SMILES string of the molecule is O=C=NC1(c2ccc3c(c2F)CCC3)CC1. The molecule has 1 aromatic rings. The fourth-order valence-electron chi connectivity index (χ4n) is 2.63. The van der Waals surface area contributed by atoms with Crippen molar-refractivity contribution in [1.82, 2.24) is 0 Å². The first-order valence-corrected chi connectivity index (χ1v) is 5.67. The Labute approximate surface area is 93.2 Å². The molecule has 3 heteroatoms. The van der Waals surface area contributed by atoms with Crippen molar-refractivity contribution < 1.29 is 9.18 Å². The van der Waals surface area contributed by atoms with Gasteiger partial charge in [0, 0.05) is 5.56 Å². The highest BCUT2D eigenvalue weighted by Gasteiger charge is 2.47. The molecule has 3 rings (SSSR count). The number of aryl methyl sites for hydroxylation is 1. The summed E-state index contributed by atoms with van der Waals surface area (Å²) in [5, 5.41) is 0. The number of aliphatic imine (C=N–C) groups is 1. The van der Waals surface area contributed by atoms with Crippen LogP contribution < -0.4 is 0 Å². The summed E-state index contributed by atoms with van der Waals surface area (Å²) in [6, 6.07) is 3.79. The number of carbonyl (C=O) groups excluding carboxylic acids is 1. The first kappa shape index (κ1) is 9.73. The van der Waals surface area contributed by atoms with E-state index in [1.165, 1.54) is 0 Å². The van der Waals surface area contributed by atoms with E-state index in [0.717, 1.165) is 43.2 Å². The van der Waals surface area contributed by atoms with Gasteiger partial charge in [0.05, 0.1) is 0 Å². The van der Waals surface area contributed by atoms with Gasteiger partial charge in [-0.2, -0.15) is 4.99 Å².